The van der Waals surface area contributed by atoms with Crippen molar-refractivity contribution in [1.29, 1.82) is 0 Å². The maximum atomic E-state index is 12.8. The number of carbonyl (C=O) groups is 1. The third-order valence-electron chi connectivity index (χ3n) is 3.81. The van der Waals surface area contributed by atoms with Gasteiger partial charge in [0.05, 0.1) is 0 Å². The zero-order chi connectivity index (χ0) is 15.8. The van der Waals surface area contributed by atoms with Crippen LogP contribution in [0.4, 0.5) is 11.4 Å². The van der Waals surface area contributed by atoms with Gasteiger partial charge in [-0.25, -0.2) is 0 Å². The Kier molecular flexibility index (Phi) is 6.16. The van der Waals surface area contributed by atoms with E-state index in [-0.39, 0.29) is 5.91 Å². The van der Waals surface area contributed by atoms with Crippen LogP contribution in [0.15, 0.2) is 60.7 Å². The quantitative estimate of drug-likeness (QED) is 0.768. The molecule has 1 amide bonds. The third-order valence-corrected chi connectivity index (χ3v) is 3.81. The van der Waals surface area contributed by atoms with Crippen LogP contribution in [0.5, 0.6) is 0 Å². The number of para-hydroxylation sites is 2. The van der Waals surface area contributed by atoms with E-state index in [1.165, 1.54) is 0 Å². The smallest absolute Gasteiger partial charge is 0.232 e. The Bertz CT molecular complexity index is 525. The molecule has 0 heterocycles. The summed E-state index contributed by atoms with van der Waals surface area (Å²) in [5, 5.41) is 0. The van der Waals surface area contributed by atoms with Crippen molar-refractivity contribution in [1.82, 2.24) is 4.90 Å². The van der Waals surface area contributed by atoms with Gasteiger partial charge in [0.25, 0.3) is 0 Å². The lowest BCUT2D eigenvalue weighted by molar-refractivity contribution is -0.118. The number of hydrogen-bond donors (Lipinski definition) is 0. The average molecular weight is 296 g/mol. The number of nitrogens with zero attached hydrogens (tertiary/aromatic N) is 2. The Balaban J connectivity index is 2.20. The van der Waals surface area contributed by atoms with Crippen LogP contribution in [-0.2, 0) is 4.79 Å². The summed E-state index contributed by atoms with van der Waals surface area (Å²) in [7, 11) is 0. The van der Waals surface area contributed by atoms with Gasteiger partial charge in [0.1, 0.15) is 0 Å². The molecule has 0 aliphatic rings. The first-order valence-corrected chi connectivity index (χ1v) is 7.91. The lowest BCUT2D eigenvalue weighted by Crippen LogP contribution is -2.31. The number of anilines is 2. The highest BCUT2D eigenvalue weighted by atomic mass is 16.2. The molecule has 0 aliphatic carbocycles. The van der Waals surface area contributed by atoms with Crippen molar-refractivity contribution in [2.75, 3.05) is 24.5 Å². The topological polar surface area (TPSA) is 23.6 Å². The van der Waals surface area contributed by atoms with Crippen molar-refractivity contribution in [2.45, 2.75) is 20.3 Å². The molecule has 3 heteroatoms. The number of benzene rings is 2. The van der Waals surface area contributed by atoms with E-state index >= 15 is 0 Å². The largest absolute Gasteiger partial charge is 0.303 e. The van der Waals surface area contributed by atoms with Gasteiger partial charge in [0.2, 0.25) is 5.91 Å². The van der Waals surface area contributed by atoms with E-state index in [9.17, 15) is 4.79 Å². The second-order valence-electron chi connectivity index (χ2n) is 5.18. The predicted molar refractivity (Wildman–Crippen MR) is 92.4 cm³/mol. The van der Waals surface area contributed by atoms with Crippen molar-refractivity contribution in [2.24, 2.45) is 0 Å². The van der Waals surface area contributed by atoms with Crippen LogP contribution in [0.1, 0.15) is 20.3 Å². The van der Waals surface area contributed by atoms with Crippen molar-refractivity contribution in [3.8, 4) is 0 Å². The lowest BCUT2D eigenvalue weighted by Gasteiger charge is -2.25. The molecule has 0 atom stereocenters. The van der Waals surface area contributed by atoms with E-state index in [1.807, 2.05) is 65.6 Å². The summed E-state index contributed by atoms with van der Waals surface area (Å²) in [5.74, 6) is 0.129. The molecule has 0 radical (unpaired) electrons. The number of rotatable bonds is 7. The highest BCUT2D eigenvalue weighted by Crippen LogP contribution is 2.25. The van der Waals surface area contributed by atoms with Crippen LogP contribution in [-0.4, -0.2) is 30.4 Å². The first-order valence-electron chi connectivity index (χ1n) is 7.91. The summed E-state index contributed by atoms with van der Waals surface area (Å²) in [6.45, 7) is 6.99. The summed E-state index contributed by atoms with van der Waals surface area (Å²) in [6, 6.07) is 19.7. The van der Waals surface area contributed by atoms with Gasteiger partial charge >= 0.3 is 0 Å². The molecule has 2 aromatic carbocycles. The summed E-state index contributed by atoms with van der Waals surface area (Å²) in [6.07, 6.45) is 0.519. The molecule has 0 saturated carbocycles. The average Bonchev–Trinajstić information content (AvgIpc) is 2.58. The van der Waals surface area contributed by atoms with Crippen LogP contribution in [0.25, 0.3) is 0 Å². The first kappa shape index (κ1) is 16.2. The summed E-state index contributed by atoms with van der Waals surface area (Å²) in [4.78, 5) is 16.9. The van der Waals surface area contributed by atoms with Crippen molar-refractivity contribution >= 4 is 17.3 Å². The van der Waals surface area contributed by atoms with Gasteiger partial charge in [0.15, 0.2) is 0 Å². The van der Waals surface area contributed by atoms with Gasteiger partial charge in [-0.3, -0.25) is 9.69 Å². The fraction of sp³-hybridized carbons (Fsp3) is 0.316. The Morgan fingerprint density at radius 1 is 0.818 bits per heavy atom. The fourth-order valence-electron chi connectivity index (χ4n) is 2.50. The molecule has 0 N–H and O–H groups in total. The minimum absolute atomic E-state index is 0.129. The van der Waals surface area contributed by atoms with Crippen molar-refractivity contribution in [3.63, 3.8) is 0 Å². The maximum Gasteiger partial charge on any atom is 0.232 e. The second kappa shape index (κ2) is 8.35. The standard InChI is InChI=1S/C19H24N2O/c1-3-20(4-2)16-15-19(22)21(17-11-7-5-8-12-17)18-13-9-6-10-14-18/h5-14H,3-4,15-16H2,1-2H3. The highest BCUT2D eigenvalue weighted by Gasteiger charge is 2.18. The molecule has 3 nitrogen and oxygen atoms in total. The van der Waals surface area contributed by atoms with Crippen LogP contribution in [0.2, 0.25) is 0 Å². The minimum Gasteiger partial charge on any atom is -0.303 e. The molecule has 0 unspecified atom stereocenters. The number of amides is 1. The summed E-state index contributed by atoms with van der Waals surface area (Å²) in [5.41, 5.74) is 1.83. The van der Waals surface area contributed by atoms with Crippen LogP contribution in [0, 0.1) is 0 Å². The second-order valence-corrected chi connectivity index (χ2v) is 5.18. The molecule has 116 valence electrons. The molecule has 2 rings (SSSR count). The molecule has 0 fully saturated rings. The zero-order valence-electron chi connectivity index (χ0n) is 13.4. The van der Waals surface area contributed by atoms with Crippen LogP contribution in [0.3, 0.4) is 0 Å². The molecule has 0 aliphatic heterocycles. The van der Waals surface area contributed by atoms with E-state index in [1.54, 1.807) is 0 Å². The van der Waals surface area contributed by atoms with Gasteiger partial charge in [-0.2, -0.15) is 0 Å². The fourth-order valence-corrected chi connectivity index (χ4v) is 2.50. The van der Waals surface area contributed by atoms with E-state index in [0.717, 1.165) is 31.0 Å². The van der Waals surface area contributed by atoms with E-state index in [0.29, 0.717) is 6.42 Å². The molecule has 0 saturated heterocycles. The van der Waals surface area contributed by atoms with Gasteiger partial charge < -0.3 is 4.90 Å². The van der Waals surface area contributed by atoms with Crippen LogP contribution >= 0.6 is 0 Å². The summed E-state index contributed by atoms with van der Waals surface area (Å²) < 4.78 is 0. The van der Waals surface area contributed by atoms with Crippen molar-refractivity contribution < 1.29 is 4.79 Å². The SMILES string of the molecule is CCN(CC)CCC(=O)N(c1ccccc1)c1ccccc1. The normalized spacial score (nSPS) is 10.7. The van der Waals surface area contributed by atoms with E-state index < -0.39 is 0 Å². The molecular weight excluding hydrogens is 272 g/mol. The van der Waals surface area contributed by atoms with Gasteiger partial charge in [0, 0.05) is 24.3 Å². The van der Waals surface area contributed by atoms with Gasteiger partial charge in [-0.1, -0.05) is 50.2 Å². The predicted octanol–water partition coefficient (Wildman–Crippen LogP) is 4.08. The highest BCUT2D eigenvalue weighted by molar-refractivity contribution is 6.00. The Hall–Kier alpha value is -2.13. The molecule has 0 aromatic heterocycles. The van der Waals surface area contributed by atoms with Crippen molar-refractivity contribution in [3.05, 3.63) is 60.7 Å². The number of hydrogen-bond acceptors (Lipinski definition) is 2. The van der Waals surface area contributed by atoms with Crippen LogP contribution < -0.4 is 4.90 Å². The molecule has 2 aromatic rings. The Morgan fingerprint density at radius 2 is 1.27 bits per heavy atom. The Labute approximate surface area is 133 Å². The Morgan fingerprint density at radius 3 is 1.68 bits per heavy atom. The monoisotopic (exact) mass is 296 g/mol. The van der Waals surface area contributed by atoms with E-state index in [2.05, 4.69) is 18.7 Å². The molecule has 22 heavy (non-hydrogen) atoms. The van der Waals surface area contributed by atoms with E-state index in [4.69, 9.17) is 0 Å². The molecular formula is C19H24N2O. The summed E-state index contributed by atoms with van der Waals surface area (Å²) >= 11 is 0. The number of carbonyl (C=O) groups excluding carboxylic acids is 1. The third kappa shape index (κ3) is 4.18. The molecule has 0 spiro atoms. The minimum atomic E-state index is 0.129. The lowest BCUT2D eigenvalue weighted by atomic mass is 10.2. The zero-order valence-corrected chi connectivity index (χ0v) is 13.4. The van der Waals surface area contributed by atoms with Gasteiger partial charge in [-0.15, -0.1) is 0 Å². The maximum absolute atomic E-state index is 12.8. The van der Waals surface area contributed by atoms with Gasteiger partial charge in [-0.05, 0) is 37.4 Å². The molecule has 0 bridgehead atoms. The first-order chi connectivity index (χ1) is 10.8.